The van der Waals surface area contributed by atoms with E-state index in [0.717, 1.165) is 0 Å². The van der Waals surface area contributed by atoms with Crippen LogP contribution in [0.5, 0.6) is 0 Å². The average molecular weight is 292 g/mol. The van der Waals surface area contributed by atoms with E-state index in [9.17, 15) is 13.8 Å². The first-order valence-electron chi connectivity index (χ1n) is 6.19. The molecule has 0 aromatic heterocycles. The second-order valence-electron chi connectivity index (χ2n) is 5.37. The largest absolute Gasteiger partial charge is 0.481 e. The maximum Gasteiger partial charge on any atom is 0.315 e. The van der Waals surface area contributed by atoms with Crippen LogP contribution in [-0.4, -0.2) is 44.9 Å². The molecule has 0 radical (unpaired) electrons. The first kappa shape index (κ1) is 17.9. The molecule has 0 aliphatic rings. The SMILES string of the molecule is CCS(=O)CCNC(=O)NC(C)(C)C(C)(C)C(=O)O. The highest BCUT2D eigenvalue weighted by molar-refractivity contribution is 7.84. The zero-order valence-electron chi connectivity index (χ0n) is 12.2. The Morgan fingerprint density at radius 2 is 1.74 bits per heavy atom. The van der Waals surface area contributed by atoms with Crippen molar-refractivity contribution >= 4 is 22.8 Å². The van der Waals surface area contributed by atoms with Gasteiger partial charge in [-0.15, -0.1) is 0 Å². The Bertz CT molecular complexity index is 367. The molecule has 0 heterocycles. The molecule has 1 atom stereocenters. The lowest BCUT2D eigenvalue weighted by Gasteiger charge is -2.38. The summed E-state index contributed by atoms with van der Waals surface area (Å²) in [5.74, 6) is -0.0297. The van der Waals surface area contributed by atoms with Crippen molar-refractivity contribution in [3.63, 3.8) is 0 Å². The van der Waals surface area contributed by atoms with E-state index >= 15 is 0 Å². The third kappa shape index (κ3) is 5.18. The fourth-order valence-corrected chi connectivity index (χ4v) is 1.79. The van der Waals surface area contributed by atoms with Crippen LogP contribution in [0.3, 0.4) is 0 Å². The Balaban J connectivity index is 4.39. The van der Waals surface area contributed by atoms with Gasteiger partial charge in [0.25, 0.3) is 0 Å². The van der Waals surface area contributed by atoms with Crippen LogP contribution in [0.1, 0.15) is 34.6 Å². The van der Waals surface area contributed by atoms with Crippen LogP contribution < -0.4 is 10.6 Å². The highest BCUT2D eigenvalue weighted by Gasteiger charge is 2.44. The number of carbonyl (C=O) groups is 2. The van der Waals surface area contributed by atoms with Crippen LogP contribution in [0, 0.1) is 5.41 Å². The van der Waals surface area contributed by atoms with E-state index in [0.29, 0.717) is 18.1 Å². The number of nitrogens with one attached hydrogen (secondary N) is 2. The fraction of sp³-hybridized carbons (Fsp3) is 0.833. The molecule has 0 aliphatic heterocycles. The van der Waals surface area contributed by atoms with Gasteiger partial charge in [-0.25, -0.2) is 4.79 Å². The standard InChI is InChI=1S/C12H24N2O4S/c1-6-19(18)8-7-13-10(17)14-12(4,5)11(2,3)9(15)16/h6-8H2,1-5H3,(H,15,16)(H2,13,14,17). The summed E-state index contributed by atoms with van der Waals surface area (Å²) in [5, 5.41) is 14.4. The molecule has 0 aromatic rings. The summed E-state index contributed by atoms with van der Waals surface area (Å²) in [7, 11) is -0.928. The molecule has 7 heteroatoms. The smallest absolute Gasteiger partial charge is 0.315 e. The number of hydrogen-bond acceptors (Lipinski definition) is 3. The van der Waals surface area contributed by atoms with E-state index in [1.54, 1.807) is 27.7 Å². The first-order valence-corrected chi connectivity index (χ1v) is 7.67. The molecule has 0 aliphatic carbocycles. The van der Waals surface area contributed by atoms with Crippen molar-refractivity contribution in [3.8, 4) is 0 Å². The van der Waals surface area contributed by atoms with Crippen molar-refractivity contribution in [1.29, 1.82) is 0 Å². The van der Waals surface area contributed by atoms with Crippen molar-refractivity contribution in [3.05, 3.63) is 0 Å². The van der Waals surface area contributed by atoms with Gasteiger partial charge in [-0.1, -0.05) is 6.92 Å². The van der Waals surface area contributed by atoms with Gasteiger partial charge in [0, 0.05) is 28.9 Å². The van der Waals surface area contributed by atoms with Crippen LogP contribution in [0.2, 0.25) is 0 Å². The zero-order valence-corrected chi connectivity index (χ0v) is 13.0. The molecule has 1 unspecified atom stereocenters. The molecule has 0 aromatic carbocycles. The number of hydrogen-bond donors (Lipinski definition) is 3. The molecule has 19 heavy (non-hydrogen) atoms. The van der Waals surface area contributed by atoms with Crippen molar-refractivity contribution in [1.82, 2.24) is 10.6 Å². The van der Waals surface area contributed by atoms with E-state index in [4.69, 9.17) is 5.11 Å². The lowest BCUT2D eigenvalue weighted by Crippen LogP contribution is -2.59. The van der Waals surface area contributed by atoms with Gasteiger partial charge >= 0.3 is 12.0 Å². The molecule has 0 saturated heterocycles. The van der Waals surface area contributed by atoms with Crippen LogP contribution in [0.25, 0.3) is 0 Å². The van der Waals surface area contributed by atoms with Crippen molar-refractivity contribution in [2.45, 2.75) is 40.2 Å². The van der Waals surface area contributed by atoms with Crippen molar-refractivity contribution in [2.75, 3.05) is 18.1 Å². The Hall–Kier alpha value is -1.11. The molecule has 0 rings (SSSR count). The summed E-state index contributed by atoms with van der Waals surface area (Å²) in [4.78, 5) is 22.9. The summed E-state index contributed by atoms with van der Waals surface area (Å²) in [6, 6.07) is -0.451. The summed E-state index contributed by atoms with van der Waals surface area (Å²) in [6.07, 6.45) is 0. The molecule has 112 valence electrons. The molecule has 0 saturated carbocycles. The van der Waals surface area contributed by atoms with Gasteiger partial charge < -0.3 is 15.7 Å². The molecule has 0 fully saturated rings. The summed E-state index contributed by atoms with van der Waals surface area (Å²) >= 11 is 0. The van der Waals surface area contributed by atoms with Gasteiger partial charge in [-0.05, 0) is 27.7 Å². The van der Waals surface area contributed by atoms with Gasteiger partial charge in [-0.3, -0.25) is 9.00 Å². The van der Waals surface area contributed by atoms with Crippen LogP contribution in [-0.2, 0) is 15.6 Å². The van der Waals surface area contributed by atoms with Crippen molar-refractivity contribution < 1.29 is 18.9 Å². The Morgan fingerprint density at radius 1 is 1.21 bits per heavy atom. The number of rotatable bonds is 7. The maximum absolute atomic E-state index is 11.7. The molecule has 2 amide bonds. The Labute approximate surface area is 116 Å². The predicted molar refractivity (Wildman–Crippen MR) is 75.6 cm³/mol. The van der Waals surface area contributed by atoms with Crippen LogP contribution in [0.15, 0.2) is 0 Å². The van der Waals surface area contributed by atoms with E-state index in [2.05, 4.69) is 10.6 Å². The molecule has 0 bridgehead atoms. The third-order valence-electron chi connectivity index (χ3n) is 3.46. The number of amides is 2. The first-order chi connectivity index (χ1) is 8.54. The summed E-state index contributed by atoms with van der Waals surface area (Å²) in [6.45, 7) is 8.55. The maximum atomic E-state index is 11.7. The van der Waals surface area contributed by atoms with E-state index in [-0.39, 0.29) is 0 Å². The molecular weight excluding hydrogens is 268 g/mol. The minimum atomic E-state index is -1.10. The number of aliphatic carboxylic acids is 1. The molecule has 3 N–H and O–H groups in total. The quantitative estimate of drug-likeness (QED) is 0.651. The minimum absolute atomic E-state index is 0.301. The molecule has 0 spiro atoms. The van der Waals surface area contributed by atoms with Crippen LogP contribution in [0.4, 0.5) is 4.79 Å². The van der Waals surface area contributed by atoms with Gasteiger partial charge in [0.1, 0.15) is 0 Å². The Morgan fingerprint density at radius 3 is 2.16 bits per heavy atom. The Kier molecular flexibility index (Phi) is 6.48. The van der Waals surface area contributed by atoms with E-state index in [1.165, 1.54) is 0 Å². The zero-order chi connectivity index (χ0) is 15.3. The third-order valence-corrected chi connectivity index (χ3v) is 4.76. The molecule has 6 nitrogen and oxygen atoms in total. The fourth-order valence-electron chi connectivity index (χ4n) is 1.17. The second-order valence-corrected chi connectivity index (χ2v) is 7.23. The van der Waals surface area contributed by atoms with Gasteiger partial charge in [0.05, 0.1) is 11.0 Å². The highest BCUT2D eigenvalue weighted by Crippen LogP contribution is 2.30. The highest BCUT2D eigenvalue weighted by atomic mass is 32.2. The minimum Gasteiger partial charge on any atom is -0.481 e. The summed E-state index contributed by atoms with van der Waals surface area (Å²) < 4.78 is 11.2. The van der Waals surface area contributed by atoms with Gasteiger partial charge in [0.2, 0.25) is 0 Å². The number of urea groups is 1. The predicted octanol–water partition coefficient (Wildman–Crippen LogP) is 0.944. The lowest BCUT2D eigenvalue weighted by molar-refractivity contribution is -0.150. The average Bonchev–Trinajstić information content (AvgIpc) is 2.27. The molecular formula is C12H24N2O4S. The van der Waals surface area contributed by atoms with Gasteiger partial charge in [-0.2, -0.15) is 0 Å². The van der Waals surface area contributed by atoms with Crippen molar-refractivity contribution in [2.24, 2.45) is 5.41 Å². The topological polar surface area (TPSA) is 95.5 Å². The second kappa shape index (κ2) is 6.88. The number of carboxylic acid groups (broad SMARTS) is 1. The monoisotopic (exact) mass is 292 g/mol. The van der Waals surface area contributed by atoms with Gasteiger partial charge in [0.15, 0.2) is 0 Å². The van der Waals surface area contributed by atoms with Crippen LogP contribution >= 0.6 is 0 Å². The normalized spacial score (nSPS) is 13.7. The summed E-state index contributed by atoms with van der Waals surface area (Å²) in [5.41, 5.74) is -2.01. The van der Waals surface area contributed by atoms with E-state index in [1.807, 2.05) is 6.92 Å². The number of carbonyl (C=O) groups excluding carboxylic acids is 1. The lowest BCUT2D eigenvalue weighted by atomic mass is 9.74. The van der Waals surface area contributed by atoms with E-state index < -0.39 is 33.8 Å². The number of carboxylic acids is 1.